The number of aryl methyl sites for hydroxylation is 1. The number of guanidine groups is 1. The van der Waals surface area contributed by atoms with Gasteiger partial charge in [-0.3, -0.25) is 0 Å². The maximum Gasteiger partial charge on any atom is 0.191 e. The fourth-order valence-electron chi connectivity index (χ4n) is 2.34. The van der Waals surface area contributed by atoms with Gasteiger partial charge in [0.2, 0.25) is 0 Å². The molecular weight excluding hydrogens is 328 g/mol. The van der Waals surface area contributed by atoms with Crippen LogP contribution >= 0.6 is 0 Å². The average Bonchev–Trinajstić information content (AvgIpc) is 2.98. The fourth-order valence-corrected chi connectivity index (χ4v) is 2.34. The molecule has 26 heavy (non-hydrogen) atoms. The molecule has 1 atom stereocenters. The number of hydrogen-bond acceptors (Lipinski definition) is 4. The van der Waals surface area contributed by atoms with Gasteiger partial charge < -0.3 is 19.9 Å². The van der Waals surface area contributed by atoms with E-state index in [0.717, 1.165) is 42.7 Å². The van der Waals surface area contributed by atoms with Gasteiger partial charge in [0.15, 0.2) is 11.8 Å². The average molecular weight is 358 g/mol. The summed E-state index contributed by atoms with van der Waals surface area (Å²) in [6.07, 6.45) is 1.94. The van der Waals surface area contributed by atoms with Crippen molar-refractivity contribution in [1.82, 2.24) is 25.4 Å². The summed E-state index contributed by atoms with van der Waals surface area (Å²) in [5, 5.41) is 15.1. The minimum atomic E-state index is 0.350. The fraction of sp³-hybridized carbons (Fsp3) is 0.526. The van der Waals surface area contributed by atoms with Crippen LogP contribution < -0.4 is 15.4 Å². The lowest BCUT2D eigenvalue weighted by atomic mass is 10.1. The van der Waals surface area contributed by atoms with Gasteiger partial charge >= 0.3 is 0 Å². The van der Waals surface area contributed by atoms with E-state index in [-0.39, 0.29) is 0 Å². The van der Waals surface area contributed by atoms with Crippen LogP contribution in [0.3, 0.4) is 0 Å². The molecule has 1 aromatic heterocycles. The molecule has 2 N–H and O–H groups in total. The molecule has 0 bridgehead atoms. The van der Waals surface area contributed by atoms with Crippen LogP contribution in [-0.4, -0.2) is 40.4 Å². The van der Waals surface area contributed by atoms with Gasteiger partial charge in [-0.2, -0.15) is 0 Å². The van der Waals surface area contributed by atoms with E-state index in [1.165, 1.54) is 5.56 Å². The molecule has 142 valence electrons. The number of aliphatic imine (C=N–C) groups is 1. The monoisotopic (exact) mass is 358 g/mol. The molecule has 7 nitrogen and oxygen atoms in total. The van der Waals surface area contributed by atoms with Crippen LogP contribution in [0, 0.1) is 6.92 Å². The van der Waals surface area contributed by atoms with E-state index in [9.17, 15) is 0 Å². The van der Waals surface area contributed by atoms with Crippen molar-refractivity contribution in [3.8, 4) is 5.75 Å². The third-order valence-electron chi connectivity index (χ3n) is 4.42. The molecule has 0 amide bonds. The van der Waals surface area contributed by atoms with Crippen LogP contribution in [0.15, 0.2) is 29.3 Å². The summed E-state index contributed by atoms with van der Waals surface area (Å²) in [6.45, 7) is 7.52. The van der Waals surface area contributed by atoms with E-state index in [1.54, 1.807) is 7.11 Å². The molecule has 0 aliphatic rings. The van der Waals surface area contributed by atoms with Gasteiger partial charge in [0.05, 0.1) is 7.11 Å². The van der Waals surface area contributed by atoms with Crippen molar-refractivity contribution in [2.45, 2.75) is 46.2 Å². The molecule has 0 saturated heterocycles. The van der Waals surface area contributed by atoms with Crippen LogP contribution in [0.2, 0.25) is 0 Å². The van der Waals surface area contributed by atoms with Crippen molar-refractivity contribution in [3.05, 3.63) is 41.5 Å². The van der Waals surface area contributed by atoms with Crippen LogP contribution in [0.4, 0.5) is 0 Å². The van der Waals surface area contributed by atoms with E-state index >= 15 is 0 Å². The number of methoxy groups -OCH3 is 1. The maximum atomic E-state index is 5.20. The van der Waals surface area contributed by atoms with Crippen LogP contribution in [0.25, 0.3) is 0 Å². The Morgan fingerprint density at radius 1 is 1.27 bits per heavy atom. The summed E-state index contributed by atoms with van der Waals surface area (Å²) < 4.78 is 7.16. The first-order valence-corrected chi connectivity index (χ1v) is 9.06. The second-order valence-electron chi connectivity index (χ2n) is 6.37. The molecule has 0 aliphatic heterocycles. The van der Waals surface area contributed by atoms with Crippen LogP contribution in [-0.2, 0) is 20.0 Å². The number of benzene rings is 1. The van der Waals surface area contributed by atoms with Gasteiger partial charge in [-0.25, -0.2) is 4.99 Å². The van der Waals surface area contributed by atoms with Crippen molar-refractivity contribution in [1.29, 1.82) is 0 Å². The van der Waals surface area contributed by atoms with Gasteiger partial charge in [0, 0.05) is 19.6 Å². The van der Waals surface area contributed by atoms with Crippen molar-refractivity contribution in [3.63, 3.8) is 0 Å². The standard InChI is InChI=1S/C19H30N6O/c1-6-14(2)22-19(21-13-18-24-23-15(3)25(18)4)20-12-11-16-7-9-17(26-5)10-8-16/h7-10,14H,6,11-13H2,1-5H3,(H2,20,21,22). The summed E-state index contributed by atoms with van der Waals surface area (Å²) in [6, 6.07) is 8.49. The lowest BCUT2D eigenvalue weighted by Gasteiger charge is -2.17. The Morgan fingerprint density at radius 3 is 2.58 bits per heavy atom. The highest BCUT2D eigenvalue weighted by Gasteiger charge is 2.07. The van der Waals surface area contributed by atoms with Crippen LogP contribution in [0.5, 0.6) is 5.75 Å². The SMILES string of the molecule is CCC(C)NC(=NCc1nnc(C)n1C)NCCc1ccc(OC)cc1. The summed E-state index contributed by atoms with van der Waals surface area (Å²) in [4.78, 5) is 4.67. The molecule has 2 rings (SSSR count). The highest BCUT2D eigenvalue weighted by Crippen LogP contribution is 2.11. The predicted octanol–water partition coefficient (Wildman–Crippen LogP) is 2.21. The van der Waals surface area contributed by atoms with Gasteiger partial charge in [-0.15, -0.1) is 10.2 Å². The second-order valence-corrected chi connectivity index (χ2v) is 6.37. The molecule has 7 heteroatoms. The number of aromatic nitrogens is 3. The normalized spacial score (nSPS) is 12.7. The first-order valence-electron chi connectivity index (χ1n) is 9.06. The second kappa shape index (κ2) is 9.79. The molecule has 0 radical (unpaired) electrons. The van der Waals surface area contributed by atoms with Crippen molar-refractivity contribution < 1.29 is 4.74 Å². The van der Waals surface area contributed by atoms with E-state index in [0.29, 0.717) is 12.6 Å². The minimum Gasteiger partial charge on any atom is -0.497 e. The third-order valence-corrected chi connectivity index (χ3v) is 4.42. The topological polar surface area (TPSA) is 76.4 Å². The number of rotatable bonds is 8. The first-order chi connectivity index (χ1) is 12.5. The van der Waals surface area contributed by atoms with Crippen molar-refractivity contribution in [2.24, 2.45) is 12.0 Å². The smallest absolute Gasteiger partial charge is 0.191 e. The Bertz CT molecular complexity index is 707. The van der Waals surface area contributed by atoms with E-state index < -0.39 is 0 Å². The van der Waals surface area contributed by atoms with Gasteiger partial charge in [0.25, 0.3) is 0 Å². The maximum absolute atomic E-state index is 5.20. The van der Waals surface area contributed by atoms with Gasteiger partial charge in [0.1, 0.15) is 18.1 Å². The Balaban J connectivity index is 1.94. The molecule has 0 spiro atoms. The zero-order valence-electron chi connectivity index (χ0n) is 16.4. The minimum absolute atomic E-state index is 0.350. The highest BCUT2D eigenvalue weighted by atomic mass is 16.5. The Kier molecular flexibility index (Phi) is 7.44. The van der Waals surface area contributed by atoms with Crippen LogP contribution in [0.1, 0.15) is 37.5 Å². The number of nitrogens with zero attached hydrogens (tertiary/aromatic N) is 4. The lowest BCUT2D eigenvalue weighted by molar-refractivity contribution is 0.414. The molecule has 0 saturated carbocycles. The highest BCUT2D eigenvalue weighted by molar-refractivity contribution is 5.80. The van der Waals surface area contributed by atoms with Crippen molar-refractivity contribution >= 4 is 5.96 Å². The van der Waals surface area contributed by atoms with Crippen molar-refractivity contribution in [2.75, 3.05) is 13.7 Å². The molecule has 1 aromatic carbocycles. The van der Waals surface area contributed by atoms with E-state index in [4.69, 9.17) is 4.74 Å². The first kappa shape index (κ1) is 19.8. The van der Waals surface area contributed by atoms with Gasteiger partial charge in [-0.05, 0) is 44.4 Å². The summed E-state index contributed by atoms with van der Waals surface area (Å²) >= 11 is 0. The molecular formula is C19H30N6O. The van der Waals surface area contributed by atoms with Gasteiger partial charge in [-0.1, -0.05) is 19.1 Å². The molecule has 2 aromatic rings. The molecule has 1 unspecified atom stereocenters. The molecule has 1 heterocycles. The number of ether oxygens (including phenoxy) is 1. The third kappa shape index (κ3) is 5.75. The summed E-state index contributed by atoms with van der Waals surface area (Å²) in [7, 11) is 3.64. The molecule has 0 fully saturated rings. The Hall–Kier alpha value is -2.57. The summed E-state index contributed by atoms with van der Waals surface area (Å²) in [5.41, 5.74) is 1.25. The number of nitrogens with one attached hydrogen (secondary N) is 2. The quantitative estimate of drug-likeness (QED) is 0.559. The predicted molar refractivity (Wildman–Crippen MR) is 104 cm³/mol. The zero-order valence-corrected chi connectivity index (χ0v) is 16.4. The largest absolute Gasteiger partial charge is 0.497 e. The van der Waals surface area contributed by atoms with E-state index in [2.05, 4.69) is 51.8 Å². The number of hydrogen-bond donors (Lipinski definition) is 2. The zero-order chi connectivity index (χ0) is 18.9. The summed E-state index contributed by atoms with van der Waals surface area (Å²) in [5.74, 6) is 3.41. The van der Waals surface area contributed by atoms with E-state index in [1.807, 2.05) is 30.7 Å². The Morgan fingerprint density at radius 2 is 2.00 bits per heavy atom. The Labute approximate surface area is 155 Å². The lowest BCUT2D eigenvalue weighted by Crippen LogP contribution is -2.42. The molecule has 0 aliphatic carbocycles.